The SMILES string of the molecule is COc1cc(-c2ccnc3cc(-c4ccc(S(C)(=O)=O)cc4)nn23)cc(SC)c1OC. The maximum atomic E-state index is 11.7. The summed E-state index contributed by atoms with van der Waals surface area (Å²) in [4.78, 5) is 5.65. The third kappa shape index (κ3) is 3.98. The van der Waals surface area contributed by atoms with Gasteiger partial charge in [0.1, 0.15) is 0 Å². The van der Waals surface area contributed by atoms with Gasteiger partial charge in [-0.15, -0.1) is 11.8 Å². The first-order valence-electron chi connectivity index (χ1n) is 9.31. The molecule has 0 radical (unpaired) electrons. The van der Waals surface area contributed by atoms with Crippen LogP contribution in [0.3, 0.4) is 0 Å². The summed E-state index contributed by atoms with van der Waals surface area (Å²) < 4.78 is 36.3. The van der Waals surface area contributed by atoms with Gasteiger partial charge in [-0.3, -0.25) is 0 Å². The first-order valence-corrected chi connectivity index (χ1v) is 12.4. The van der Waals surface area contributed by atoms with Crippen molar-refractivity contribution in [2.45, 2.75) is 9.79 Å². The Bertz CT molecular complexity index is 1340. The van der Waals surface area contributed by atoms with Gasteiger partial charge in [-0.1, -0.05) is 12.1 Å². The van der Waals surface area contributed by atoms with E-state index >= 15 is 0 Å². The quantitative estimate of drug-likeness (QED) is 0.403. The van der Waals surface area contributed by atoms with E-state index in [-0.39, 0.29) is 4.90 Å². The number of nitrogens with zero attached hydrogens (tertiary/aromatic N) is 3. The van der Waals surface area contributed by atoms with Crippen LogP contribution in [0.4, 0.5) is 0 Å². The second kappa shape index (κ2) is 8.24. The smallest absolute Gasteiger partial charge is 0.175 e. The van der Waals surface area contributed by atoms with Gasteiger partial charge in [0.15, 0.2) is 27.0 Å². The first kappa shape index (κ1) is 21.2. The van der Waals surface area contributed by atoms with Crippen LogP contribution in [0.15, 0.2) is 64.5 Å². The predicted molar refractivity (Wildman–Crippen MR) is 122 cm³/mol. The highest BCUT2D eigenvalue weighted by molar-refractivity contribution is 7.98. The van der Waals surface area contributed by atoms with E-state index in [1.165, 1.54) is 6.26 Å². The van der Waals surface area contributed by atoms with Crippen molar-refractivity contribution in [3.8, 4) is 34.0 Å². The van der Waals surface area contributed by atoms with Crippen molar-refractivity contribution < 1.29 is 17.9 Å². The summed E-state index contributed by atoms with van der Waals surface area (Å²) in [6, 6.07) is 14.4. The molecule has 160 valence electrons. The molecular formula is C22H21N3O4S2. The molecule has 0 atom stereocenters. The lowest BCUT2D eigenvalue weighted by atomic mass is 10.1. The van der Waals surface area contributed by atoms with Crippen molar-refractivity contribution in [1.82, 2.24) is 14.6 Å². The van der Waals surface area contributed by atoms with Crippen LogP contribution in [0.25, 0.3) is 28.2 Å². The highest BCUT2D eigenvalue weighted by atomic mass is 32.2. The summed E-state index contributed by atoms with van der Waals surface area (Å²) in [5.74, 6) is 1.33. The average Bonchev–Trinajstić information content (AvgIpc) is 3.22. The van der Waals surface area contributed by atoms with Crippen LogP contribution in [-0.4, -0.2) is 49.7 Å². The molecule has 0 N–H and O–H groups in total. The van der Waals surface area contributed by atoms with E-state index in [4.69, 9.17) is 14.6 Å². The maximum absolute atomic E-state index is 11.7. The fraction of sp³-hybridized carbons (Fsp3) is 0.182. The topological polar surface area (TPSA) is 82.8 Å². The van der Waals surface area contributed by atoms with Crippen LogP contribution < -0.4 is 9.47 Å². The van der Waals surface area contributed by atoms with Gasteiger partial charge in [0.2, 0.25) is 0 Å². The van der Waals surface area contributed by atoms with E-state index in [0.717, 1.165) is 21.7 Å². The van der Waals surface area contributed by atoms with Crippen LogP contribution in [0, 0.1) is 0 Å². The minimum atomic E-state index is -3.25. The number of sulfone groups is 1. The zero-order chi connectivity index (χ0) is 22.2. The third-order valence-corrected chi connectivity index (χ3v) is 6.77. The van der Waals surface area contributed by atoms with Crippen LogP contribution >= 0.6 is 11.8 Å². The Kier molecular flexibility index (Phi) is 5.63. The minimum absolute atomic E-state index is 0.272. The molecule has 0 unspecified atom stereocenters. The average molecular weight is 456 g/mol. The zero-order valence-electron chi connectivity index (χ0n) is 17.5. The Morgan fingerprint density at radius 1 is 0.968 bits per heavy atom. The number of rotatable bonds is 6. The summed E-state index contributed by atoms with van der Waals surface area (Å²) >= 11 is 1.57. The molecule has 7 nitrogen and oxygen atoms in total. The van der Waals surface area contributed by atoms with Gasteiger partial charge < -0.3 is 9.47 Å². The standard InChI is InChI=1S/C22H21N3O4S2/c1-28-19-11-15(12-20(30-3)22(19)29-2)18-9-10-23-21-13-17(24-25(18)21)14-5-7-16(8-6-14)31(4,26)27/h5-13H,1-4H3. The lowest BCUT2D eigenvalue weighted by Gasteiger charge is -2.14. The lowest BCUT2D eigenvalue weighted by molar-refractivity contribution is 0.348. The van der Waals surface area contributed by atoms with Crippen molar-refractivity contribution >= 4 is 27.2 Å². The van der Waals surface area contributed by atoms with E-state index < -0.39 is 9.84 Å². The van der Waals surface area contributed by atoms with Gasteiger partial charge in [-0.2, -0.15) is 5.10 Å². The largest absolute Gasteiger partial charge is 0.493 e. The normalized spacial score (nSPS) is 11.6. The van der Waals surface area contributed by atoms with E-state index in [0.29, 0.717) is 22.8 Å². The first-order chi connectivity index (χ1) is 14.9. The Morgan fingerprint density at radius 2 is 1.71 bits per heavy atom. The fourth-order valence-electron chi connectivity index (χ4n) is 3.36. The van der Waals surface area contributed by atoms with Crippen LogP contribution in [0.2, 0.25) is 0 Å². The third-order valence-electron chi connectivity index (χ3n) is 4.90. The predicted octanol–water partition coefficient (Wildman–Crippen LogP) is 4.21. The summed E-state index contributed by atoms with van der Waals surface area (Å²) in [7, 11) is -0.0174. The molecule has 4 rings (SSSR count). The van der Waals surface area contributed by atoms with Gasteiger partial charge in [-0.25, -0.2) is 17.9 Å². The molecule has 0 aliphatic carbocycles. The minimum Gasteiger partial charge on any atom is -0.493 e. The van der Waals surface area contributed by atoms with Crippen molar-refractivity contribution in [2.75, 3.05) is 26.7 Å². The molecular weight excluding hydrogens is 434 g/mol. The zero-order valence-corrected chi connectivity index (χ0v) is 19.1. The number of fused-ring (bicyclic) bond motifs is 1. The van der Waals surface area contributed by atoms with E-state index in [2.05, 4.69) is 4.98 Å². The Labute approximate surface area is 185 Å². The van der Waals surface area contributed by atoms with Gasteiger partial charge in [0.05, 0.1) is 35.4 Å². The molecule has 0 aliphatic rings. The van der Waals surface area contributed by atoms with Crippen LogP contribution in [0.5, 0.6) is 11.5 Å². The highest BCUT2D eigenvalue weighted by Crippen LogP contribution is 2.40. The number of ether oxygens (including phenoxy) is 2. The van der Waals surface area contributed by atoms with Gasteiger partial charge >= 0.3 is 0 Å². The van der Waals surface area contributed by atoms with E-state index in [9.17, 15) is 8.42 Å². The number of hydrogen-bond donors (Lipinski definition) is 0. The van der Waals surface area contributed by atoms with Crippen molar-refractivity contribution in [3.63, 3.8) is 0 Å². The van der Waals surface area contributed by atoms with Gasteiger partial charge in [0, 0.05) is 29.6 Å². The number of methoxy groups -OCH3 is 2. The second-order valence-corrected chi connectivity index (χ2v) is 9.70. The molecule has 2 aromatic heterocycles. The Morgan fingerprint density at radius 3 is 2.32 bits per heavy atom. The highest BCUT2D eigenvalue weighted by Gasteiger charge is 2.16. The summed E-state index contributed by atoms with van der Waals surface area (Å²) in [5, 5.41) is 4.73. The van der Waals surface area contributed by atoms with Gasteiger partial charge in [-0.05, 0) is 36.6 Å². The molecule has 0 spiro atoms. The molecule has 9 heteroatoms. The second-order valence-electron chi connectivity index (χ2n) is 6.84. The molecule has 0 saturated heterocycles. The van der Waals surface area contributed by atoms with Gasteiger partial charge in [0.25, 0.3) is 0 Å². The summed E-state index contributed by atoms with van der Waals surface area (Å²) in [5.41, 5.74) is 3.95. The Balaban J connectivity index is 1.84. The summed E-state index contributed by atoms with van der Waals surface area (Å²) in [6.07, 6.45) is 4.91. The summed E-state index contributed by atoms with van der Waals surface area (Å²) in [6.45, 7) is 0. The molecule has 2 aromatic carbocycles. The molecule has 0 fully saturated rings. The molecule has 0 saturated carbocycles. The molecule has 2 heterocycles. The number of thioether (sulfide) groups is 1. The van der Waals surface area contributed by atoms with Crippen molar-refractivity contribution in [1.29, 1.82) is 0 Å². The van der Waals surface area contributed by atoms with Crippen LogP contribution in [0.1, 0.15) is 0 Å². The Hall–Kier alpha value is -3.04. The molecule has 0 bridgehead atoms. The molecule has 0 amide bonds. The lowest BCUT2D eigenvalue weighted by Crippen LogP contribution is -1.98. The van der Waals surface area contributed by atoms with E-state index in [1.54, 1.807) is 61.0 Å². The molecule has 4 aromatic rings. The molecule has 0 aliphatic heterocycles. The monoisotopic (exact) mass is 455 g/mol. The number of hydrogen-bond acceptors (Lipinski definition) is 7. The maximum Gasteiger partial charge on any atom is 0.175 e. The van der Waals surface area contributed by atoms with Crippen molar-refractivity contribution in [2.24, 2.45) is 0 Å². The number of aromatic nitrogens is 3. The van der Waals surface area contributed by atoms with Crippen molar-refractivity contribution in [3.05, 3.63) is 54.7 Å². The number of benzene rings is 2. The fourth-order valence-corrected chi connectivity index (χ4v) is 4.60. The van der Waals surface area contributed by atoms with E-state index in [1.807, 2.05) is 30.5 Å². The molecule has 31 heavy (non-hydrogen) atoms. The van der Waals surface area contributed by atoms with Crippen LogP contribution in [-0.2, 0) is 9.84 Å².